The monoisotopic (exact) mass is 479 g/mol. The minimum atomic E-state index is -2.56. The molecule has 3 unspecified atom stereocenters. The van der Waals surface area contributed by atoms with E-state index in [0.29, 0.717) is 27.9 Å². The average Bonchev–Trinajstić information content (AvgIpc) is 3.21. The second-order valence-corrected chi connectivity index (χ2v) is 9.39. The fourth-order valence-corrected chi connectivity index (χ4v) is 5.61. The number of aromatic nitrogens is 2. The zero-order valence-corrected chi connectivity index (χ0v) is 19.2. The van der Waals surface area contributed by atoms with E-state index >= 15 is 4.39 Å². The SMILES string of the molecule is Cc1ccc(-c2noc3cc4c(cc23)CC2(C(=O)NC(=O)NC2=O)C2(F)C(C)OC(C)CN42)cn1. The highest BCUT2D eigenvalue weighted by molar-refractivity contribution is 6.21. The Morgan fingerprint density at radius 3 is 2.57 bits per heavy atom. The fourth-order valence-electron chi connectivity index (χ4n) is 5.61. The number of barbiturate groups is 1. The van der Waals surface area contributed by atoms with Crippen molar-refractivity contribution in [1.29, 1.82) is 0 Å². The summed E-state index contributed by atoms with van der Waals surface area (Å²) in [6.45, 7) is 5.23. The summed E-state index contributed by atoms with van der Waals surface area (Å²) in [6.07, 6.45) is -0.134. The topological polar surface area (TPSA) is 127 Å². The minimum Gasteiger partial charge on any atom is -0.368 e. The van der Waals surface area contributed by atoms with Crippen LogP contribution in [0.2, 0.25) is 0 Å². The summed E-state index contributed by atoms with van der Waals surface area (Å²) >= 11 is 0. The predicted octanol–water partition coefficient (Wildman–Crippen LogP) is 2.39. The van der Waals surface area contributed by atoms with Gasteiger partial charge in [-0.2, -0.15) is 0 Å². The lowest BCUT2D eigenvalue weighted by Crippen LogP contribution is -2.80. The number of hydrogen-bond acceptors (Lipinski definition) is 8. The van der Waals surface area contributed by atoms with Crippen molar-refractivity contribution >= 4 is 34.5 Å². The lowest BCUT2D eigenvalue weighted by Gasteiger charge is -2.58. The molecule has 1 aromatic carbocycles. The third-order valence-electron chi connectivity index (χ3n) is 7.24. The van der Waals surface area contributed by atoms with Gasteiger partial charge in [0.15, 0.2) is 11.0 Å². The van der Waals surface area contributed by atoms with E-state index in [-0.39, 0.29) is 19.1 Å². The van der Waals surface area contributed by atoms with Crippen LogP contribution in [-0.4, -0.2) is 52.5 Å². The third kappa shape index (κ3) is 2.75. The molecule has 0 saturated carbocycles. The highest BCUT2D eigenvalue weighted by atomic mass is 19.1. The van der Waals surface area contributed by atoms with Crippen molar-refractivity contribution in [1.82, 2.24) is 20.8 Å². The molecular weight excluding hydrogens is 457 g/mol. The van der Waals surface area contributed by atoms with Crippen LogP contribution in [0.3, 0.4) is 0 Å². The molecule has 2 aromatic heterocycles. The molecule has 35 heavy (non-hydrogen) atoms. The molecule has 4 amide bonds. The molecule has 2 fully saturated rings. The second-order valence-electron chi connectivity index (χ2n) is 9.39. The van der Waals surface area contributed by atoms with Crippen LogP contribution in [0, 0.1) is 12.3 Å². The molecule has 0 aliphatic carbocycles. The maximum atomic E-state index is 17.3. The summed E-state index contributed by atoms with van der Waals surface area (Å²) in [4.78, 5) is 44.1. The van der Waals surface area contributed by atoms with Gasteiger partial charge in [0.2, 0.25) is 17.6 Å². The van der Waals surface area contributed by atoms with Gasteiger partial charge in [0.1, 0.15) is 11.8 Å². The van der Waals surface area contributed by atoms with Crippen molar-refractivity contribution in [2.45, 2.75) is 45.2 Å². The summed E-state index contributed by atoms with van der Waals surface area (Å²) in [5.74, 6) is -4.55. The van der Waals surface area contributed by atoms with Crippen LogP contribution in [-0.2, 0) is 20.7 Å². The quantitative estimate of drug-likeness (QED) is 0.402. The number of aryl methyl sites for hydroxylation is 1. The average molecular weight is 479 g/mol. The van der Waals surface area contributed by atoms with E-state index in [1.54, 1.807) is 25.3 Å². The third-order valence-corrected chi connectivity index (χ3v) is 7.24. The number of anilines is 1. The van der Waals surface area contributed by atoms with Gasteiger partial charge >= 0.3 is 6.03 Å². The number of fused-ring (bicyclic) bond motifs is 5. The number of alkyl halides is 1. The molecule has 3 aliphatic heterocycles. The highest BCUT2D eigenvalue weighted by Gasteiger charge is 2.73. The summed E-state index contributed by atoms with van der Waals surface area (Å²) in [5, 5.41) is 9.03. The van der Waals surface area contributed by atoms with E-state index in [1.165, 1.54) is 11.8 Å². The van der Waals surface area contributed by atoms with Crippen molar-refractivity contribution in [3.8, 4) is 11.3 Å². The highest BCUT2D eigenvalue weighted by Crippen LogP contribution is 2.55. The molecule has 1 spiro atoms. The standard InChI is InChI=1S/C24H22FN5O5/c1-11-4-5-14(9-26-11)19-16-6-15-8-23(20(31)27-22(33)28-21(23)32)24(25)13(3)34-12(2)10-30(24)17(15)7-18(16)35-29-19/h4-7,9,12-13H,8,10H2,1-3H3,(H2,27,28,31,32,33). The summed E-state index contributed by atoms with van der Waals surface area (Å²) < 4.78 is 28.6. The molecule has 3 aromatic rings. The van der Waals surface area contributed by atoms with E-state index in [1.807, 2.05) is 19.1 Å². The van der Waals surface area contributed by atoms with Crippen LogP contribution < -0.4 is 15.5 Å². The lowest BCUT2D eigenvalue weighted by molar-refractivity contribution is -0.189. The summed E-state index contributed by atoms with van der Waals surface area (Å²) in [6, 6.07) is 6.18. The van der Waals surface area contributed by atoms with Crippen molar-refractivity contribution in [3.63, 3.8) is 0 Å². The number of halogens is 1. The Balaban J connectivity index is 1.59. The Morgan fingerprint density at radius 2 is 1.89 bits per heavy atom. The smallest absolute Gasteiger partial charge is 0.328 e. The Morgan fingerprint density at radius 1 is 1.14 bits per heavy atom. The molecule has 5 heterocycles. The Kier molecular flexibility index (Phi) is 4.38. The van der Waals surface area contributed by atoms with Gasteiger partial charge in [-0.15, -0.1) is 0 Å². The maximum absolute atomic E-state index is 17.3. The van der Waals surface area contributed by atoms with Crippen molar-refractivity contribution in [2.75, 3.05) is 11.4 Å². The van der Waals surface area contributed by atoms with Gasteiger partial charge in [0, 0.05) is 42.2 Å². The van der Waals surface area contributed by atoms with Crippen LogP contribution in [0.1, 0.15) is 25.1 Å². The number of hydrogen-bond donors (Lipinski definition) is 2. The molecule has 0 bridgehead atoms. The normalized spacial score (nSPS) is 27.4. The number of imide groups is 2. The fraction of sp³-hybridized carbons (Fsp3) is 0.375. The van der Waals surface area contributed by atoms with Crippen LogP contribution >= 0.6 is 0 Å². The molecule has 3 aliphatic rings. The number of carbonyl (C=O) groups excluding carboxylic acids is 3. The Hall–Kier alpha value is -3.86. The molecular formula is C24H22FN5O5. The van der Waals surface area contributed by atoms with Crippen LogP contribution in [0.15, 0.2) is 35.0 Å². The molecule has 180 valence electrons. The minimum absolute atomic E-state index is 0.0818. The number of benzene rings is 1. The van der Waals surface area contributed by atoms with E-state index in [2.05, 4.69) is 20.8 Å². The number of ether oxygens (including phenoxy) is 1. The first kappa shape index (κ1) is 21.7. The second kappa shape index (κ2) is 7.08. The van der Waals surface area contributed by atoms with Crippen molar-refractivity contribution in [3.05, 3.63) is 41.7 Å². The summed E-state index contributed by atoms with van der Waals surface area (Å²) in [7, 11) is 0. The molecule has 3 atom stereocenters. The Bertz CT molecular complexity index is 1400. The largest absolute Gasteiger partial charge is 0.368 e. The lowest BCUT2D eigenvalue weighted by atomic mass is 9.64. The van der Waals surface area contributed by atoms with Gasteiger partial charge in [0.25, 0.3) is 0 Å². The summed E-state index contributed by atoms with van der Waals surface area (Å²) in [5.41, 5.74) is 1.33. The van der Waals surface area contributed by atoms with Gasteiger partial charge in [-0.05, 0) is 44.5 Å². The van der Waals surface area contributed by atoms with Crippen LogP contribution in [0.4, 0.5) is 14.9 Å². The van der Waals surface area contributed by atoms with Gasteiger partial charge in [-0.3, -0.25) is 25.2 Å². The van der Waals surface area contributed by atoms with E-state index in [0.717, 1.165) is 11.3 Å². The number of amides is 4. The number of pyridine rings is 1. The van der Waals surface area contributed by atoms with Crippen molar-refractivity contribution in [2.24, 2.45) is 5.41 Å². The van der Waals surface area contributed by atoms with E-state index in [9.17, 15) is 14.4 Å². The van der Waals surface area contributed by atoms with Gasteiger partial charge < -0.3 is 14.2 Å². The zero-order chi connectivity index (χ0) is 24.7. The molecule has 2 N–H and O–H groups in total. The number of nitrogens with one attached hydrogen (secondary N) is 2. The number of urea groups is 1. The van der Waals surface area contributed by atoms with Crippen LogP contribution in [0.25, 0.3) is 22.2 Å². The predicted molar refractivity (Wildman–Crippen MR) is 121 cm³/mol. The first-order valence-electron chi connectivity index (χ1n) is 11.3. The van der Waals surface area contributed by atoms with Gasteiger partial charge in [-0.25, -0.2) is 9.18 Å². The Labute approximate surface area is 198 Å². The number of morpholine rings is 1. The molecule has 10 nitrogen and oxygen atoms in total. The number of rotatable bonds is 1. The number of carbonyl (C=O) groups is 3. The molecule has 0 radical (unpaired) electrons. The number of nitrogens with zero attached hydrogens (tertiary/aromatic N) is 3. The van der Waals surface area contributed by atoms with E-state index < -0.39 is 35.2 Å². The molecule has 6 rings (SSSR count). The maximum Gasteiger partial charge on any atom is 0.328 e. The zero-order valence-electron chi connectivity index (χ0n) is 19.2. The van der Waals surface area contributed by atoms with E-state index in [4.69, 9.17) is 9.26 Å². The molecule has 2 saturated heterocycles. The first-order chi connectivity index (χ1) is 16.6. The van der Waals surface area contributed by atoms with Gasteiger partial charge in [0.05, 0.1) is 11.5 Å². The van der Waals surface area contributed by atoms with Crippen LogP contribution in [0.5, 0.6) is 0 Å². The van der Waals surface area contributed by atoms with Crippen molar-refractivity contribution < 1.29 is 28.0 Å². The van der Waals surface area contributed by atoms with Gasteiger partial charge in [-0.1, -0.05) is 5.16 Å². The molecule has 11 heteroatoms. The first-order valence-corrected chi connectivity index (χ1v) is 11.3.